The van der Waals surface area contributed by atoms with E-state index in [1.165, 1.54) is 7.05 Å². The minimum absolute atomic E-state index is 0.194. The van der Waals surface area contributed by atoms with Gasteiger partial charge >= 0.3 is 5.69 Å². The Morgan fingerprint density at radius 1 is 1.16 bits per heavy atom. The van der Waals surface area contributed by atoms with Gasteiger partial charge in [0, 0.05) is 32.0 Å². The Balaban J connectivity index is 1.95. The molecule has 0 spiro atoms. The molecule has 4 heterocycles. The van der Waals surface area contributed by atoms with Gasteiger partial charge in [0.25, 0.3) is 5.56 Å². The number of nitrogens with zero attached hydrogens (tertiary/aromatic N) is 3. The van der Waals surface area contributed by atoms with Crippen LogP contribution in [0.2, 0.25) is 5.22 Å². The predicted octanol–water partition coefficient (Wildman–Crippen LogP) is 3.80. The van der Waals surface area contributed by atoms with Gasteiger partial charge in [0.2, 0.25) is 0 Å². The molecule has 0 radical (unpaired) electrons. The lowest BCUT2D eigenvalue weighted by atomic mass is 10.1. The molecule has 0 unspecified atom stereocenters. The second-order valence-electron chi connectivity index (χ2n) is 7.44. The first-order valence-electron chi connectivity index (χ1n) is 9.75. The number of hydrogen-bond donors (Lipinski definition) is 0. The number of ether oxygens (including phenoxy) is 1. The summed E-state index contributed by atoms with van der Waals surface area (Å²) >= 11 is 7.76. The fourth-order valence-electron chi connectivity index (χ4n) is 4.34. The number of rotatable bonds is 3. The number of benzene rings is 1. The van der Waals surface area contributed by atoms with E-state index in [-0.39, 0.29) is 16.5 Å². The zero-order valence-electron chi connectivity index (χ0n) is 17.2. The van der Waals surface area contributed by atoms with Crippen LogP contribution in [-0.2, 0) is 20.6 Å². The zero-order valence-corrected chi connectivity index (χ0v) is 18.8. The molecule has 31 heavy (non-hydrogen) atoms. The maximum absolute atomic E-state index is 13.4. The molecule has 5 rings (SSSR count). The number of methoxy groups -OCH3 is 1. The molecule has 0 saturated heterocycles. The molecular weight excluding hydrogens is 438 g/mol. The summed E-state index contributed by atoms with van der Waals surface area (Å²) in [4.78, 5) is 26.2. The Hall–Kier alpha value is -2.84. The number of halogens is 1. The fourth-order valence-corrected chi connectivity index (χ4v) is 5.70. The van der Waals surface area contributed by atoms with Crippen molar-refractivity contribution < 1.29 is 9.15 Å². The highest BCUT2D eigenvalue weighted by atomic mass is 35.5. The van der Waals surface area contributed by atoms with Gasteiger partial charge in [-0.3, -0.25) is 13.9 Å². The topological polar surface area (TPSA) is 71.3 Å². The lowest BCUT2D eigenvalue weighted by molar-refractivity contribution is 0.415. The molecule has 1 aliphatic rings. The highest BCUT2D eigenvalue weighted by molar-refractivity contribution is 7.99. The van der Waals surface area contributed by atoms with Gasteiger partial charge in [0.15, 0.2) is 5.22 Å². The second-order valence-corrected chi connectivity index (χ2v) is 9.03. The van der Waals surface area contributed by atoms with E-state index in [1.807, 2.05) is 30.3 Å². The predicted molar refractivity (Wildman–Crippen MR) is 122 cm³/mol. The van der Waals surface area contributed by atoms with Crippen molar-refractivity contribution in [2.24, 2.45) is 14.1 Å². The van der Waals surface area contributed by atoms with Crippen LogP contribution >= 0.6 is 23.4 Å². The number of hydrogen-bond acceptors (Lipinski definition) is 5. The summed E-state index contributed by atoms with van der Waals surface area (Å²) < 4.78 is 16.0. The van der Waals surface area contributed by atoms with Crippen LogP contribution in [0.1, 0.15) is 16.7 Å². The van der Waals surface area contributed by atoms with Gasteiger partial charge < -0.3 is 13.7 Å². The number of fused-ring (bicyclic) bond motifs is 3. The molecule has 7 nitrogen and oxygen atoms in total. The molecule has 1 aliphatic heterocycles. The summed E-state index contributed by atoms with van der Waals surface area (Å²) in [5.41, 5.74) is 2.44. The van der Waals surface area contributed by atoms with E-state index in [0.29, 0.717) is 34.2 Å². The van der Waals surface area contributed by atoms with Crippen LogP contribution in [0.5, 0.6) is 5.75 Å². The van der Waals surface area contributed by atoms with Gasteiger partial charge in [-0.1, -0.05) is 12.1 Å². The van der Waals surface area contributed by atoms with E-state index in [9.17, 15) is 9.59 Å². The maximum Gasteiger partial charge on any atom is 0.331 e. The maximum atomic E-state index is 13.4. The summed E-state index contributed by atoms with van der Waals surface area (Å²) in [5, 5.41) is 0.625. The highest BCUT2D eigenvalue weighted by Crippen LogP contribution is 2.46. The van der Waals surface area contributed by atoms with Crippen LogP contribution in [0.15, 0.2) is 50.4 Å². The highest BCUT2D eigenvalue weighted by Gasteiger charge is 2.34. The molecular formula is C22H20ClN3O4S. The Bertz CT molecular complexity index is 1450. The van der Waals surface area contributed by atoms with Gasteiger partial charge in [0.1, 0.15) is 16.8 Å². The second kappa shape index (κ2) is 7.39. The van der Waals surface area contributed by atoms with Crippen LogP contribution in [0.25, 0.3) is 22.2 Å². The van der Waals surface area contributed by atoms with Crippen LogP contribution < -0.4 is 16.0 Å². The standard InChI is InChI=1S/C22H20ClN3O4S/c1-24-18-16(21(27)25(2)22(24)28)17(12-5-4-6-13(11-12)29-3)26-9-10-31-20(19(18)26)14-7-8-15(23)30-14/h4-8,11,20H,9-10H2,1-3H3/t20-/m0/s1. The Morgan fingerprint density at radius 2 is 1.97 bits per heavy atom. The molecule has 0 amide bonds. The van der Waals surface area contributed by atoms with Gasteiger partial charge in [-0.2, -0.15) is 0 Å². The largest absolute Gasteiger partial charge is 0.497 e. The van der Waals surface area contributed by atoms with Crippen molar-refractivity contribution in [1.82, 2.24) is 13.7 Å². The van der Waals surface area contributed by atoms with Crippen molar-refractivity contribution in [3.63, 3.8) is 0 Å². The van der Waals surface area contributed by atoms with Crippen LogP contribution in [-0.4, -0.2) is 26.6 Å². The SMILES string of the molecule is COc1cccc(-c2c3c(=O)n(C)c(=O)n(C)c3c3n2CCS[C@H]3c2ccc(Cl)o2)c1. The minimum Gasteiger partial charge on any atom is -0.497 e. The smallest absolute Gasteiger partial charge is 0.331 e. The van der Waals surface area contributed by atoms with E-state index >= 15 is 0 Å². The third-order valence-electron chi connectivity index (χ3n) is 5.75. The lowest BCUT2D eigenvalue weighted by Gasteiger charge is -2.25. The molecule has 0 N–H and O–H groups in total. The van der Waals surface area contributed by atoms with Gasteiger partial charge in [-0.25, -0.2) is 4.79 Å². The van der Waals surface area contributed by atoms with Crippen molar-refractivity contribution in [2.45, 2.75) is 11.8 Å². The third kappa shape index (κ3) is 2.96. The Kier molecular flexibility index (Phi) is 4.79. The van der Waals surface area contributed by atoms with Crippen LogP contribution in [0.3, 0.4) is 0 Å². The van der Waals surface area contributed by atoms with Crippen molar-refractivity contribution in [1.29, 1.82) is 0 Å². The molecule has 0 saturated carbocycles. The molecule has 3 aromatic heterocycles. The van der Waals surface area contributed by atoms with Gasteiger partial charge in [-0.05, 0) is 35.9 Å². The quantitative estimate of drug-likeness (QED) is 0.468. The van der Waals surface area contributed by atoms with Crippen LogP contribution in [0.4, 0.5) is 0 Å². The van der Waals surface area contributed by atoms with E-state index in [1.54, 1.807) is 36.6 Å². The first-order chi connectivity index (χ1) is 14.9. The van der Waals surface area contributed by atoms with E-state index < -0.39 is 0 Å². The Morgan fingerprint density at radius 3 is 2.68 bits per heavy atom. The average molecular weight is 458 g/mol. The first kappa shape index (κ1) is 20.1. The molecule has 4 aromatic rings. The van der Waals surface area contributed by atoms with E-state index in [2.05, 4.69) is 4.57 Å². The molecule has 9 heteroatoms. The van der Waals surface area contributed by atoms with Crippen molar-refractivity contribution >= 4 is 34.3 Å². The monoisotopic (exact) mass is 457 g/mol. The number of aryl methyl sites for hydroxylation is 1. The van der Waals surface area contributed by atoms with Crippen LogP contribution in [0, 0.1) is 0 Å². The Labute approximate surface area is 186 Å². The summed E-state index contributed by atoms with van der Waals surface area (Å²) in [7, 11) is 4.82. The third-order valence-corrected chi connectivity index (χ3v) is 7.16. The van der Waals surface area contributed by atoms with Crippen molar-refractivity contribution in [2.75, 3.05) is 12.9 Å². The van der Waals surface area contributed by atoms with Crippen molar-refractivity contribution in [3.8, 4) is 17.0 Å². The number of furan rings is 1. The van der Waals surface area contributed by atoms with Gasteiger partial charge in [0.05, 0.1) is 29.4 Å². The molecule has 0 aliphatic carbocycles. The zero-order chi connectivity index (χ0) is 21.9. The lowest BCUT2D eigenvalue weighted by Crippen LogP contribution is -2.37. The fraction of sp³-hybridized carbons (Fsp3) is 0.273. The molecule has 1 aromatic carbocycles. The van der Waals surface area contributed by atoms with Gasteiger partial charge in [-0.15, -0.1) is 11.8 Å². The summed E-state index contributed by atoms with van der Waals surface area (Å²) in [6.45, 7) is 0.698. The molecule has 0 fully saturated rings. The summed E-state index contributed by atoms with van der Waals surface area (Å²) in [6.07, 6.45) is 0. The summed E-state index contributed by atoms with van der Waals surface area (Å²) in [6, 6.07) is 11.2. The number of thioether (sulfide) groups is 1. The normalized spacial score (nSPS) is 15.9. The molecule has 1 atom stereocenters. The summed E-state index contributed by atoms with van der Waals surface area (Å²) in [5.74, 6) is 2.21. The molecule has 0 bridgehead atoms. The number of aromatic nitrogens is 3. The first-order valence-corrected chi connectivity index (χ1v) is 11.2. The van der Waals surface area contributed by atoms with Crippen molar-refractivity contribution in [3.05, 3.63) is 73.9 Å². The average Bonchev–Trinajstić information content (AvgIpc) is 3.37. The van der Waals surface area contributed by atoms with E-state index in [0.717, 1.165) is 27.3 Å². The molecule has 160 valence electrons. The van der Waals surface area contributed by atoms with E-state index in [4.69, 9.17) is 20.8 Å². The minimum atomic E-state index is -0.366.